The Hall–Kier alpha value is 0.501. The third-order valence-electron chi connectivity index (χ3n) is 4.55. The summed E-state index contributed by atoms with van der Waals surface area (Å²) in [6, 6.07) is 8.96. The van der Waals surface area contributed by atoms with Crippen LogP contribution >= 0.6 is 0 Å². The van der Waals surface area contributed by atoms with E-state index in [1.807, 2.05) is 0 Å². The third kappa shape index (κ3) is 5.24. The van der Waals surface area contributed by atoms with Crippen molar-refractivity contribution >= 4 is 8.07 Å². The quantitative estimate of drug-likeness (QED) is 0.440. The van der Waals surface area contributed by atoms with E-state index < -0.39 is 8.07 Å². The first-order valence-corrected chi connectivity index (χ1v) is 11.6. The number of hydrogen-bond acceptors (Lipinski definition) is 0. The molecular weight excluding hydrogens is 399 g/mol. The second kappa shape index (κ2) is 8.74. The molecule has 0 radical (unpaired) electrons. The van der Waals surface area contributed by atoms with Crippen molar-refractivity contribution in [1.82, 2.24) is 0 Å². The zero-order chi connectivity index (χ0) is 15.2. The van der Waals surface area contributed by atoms with E-state index in [4.69, 9.17) is 0 Å². The zero-order valence-electron chi connectivity index (χ0n) is 14.7. The molecule has 0 N–H and O–H groups in total. The fourth-order valence-electron chi connectivity index (χ4n) is 2.69. The van der Waals surface area contributed by atoms with Crippen molar-refractivity contribution < 1.29 is 57.7 Å². The Labute approximate surface area is 173 Å². The molecule has 1 aromatic rings. The molecule has 1 atom stereocenters. The van der Waals surface area contributed by atoms with Crippen molar-refractivity contribution in [2.45, 2.75) is 49.5 Å². The number of hydrogen-bond donors (Lipinski definition) is 0. The van der Waals surface area contributed by atoms with E-state index in [2.05, 4.69) is 103 Å². The fraction of sp³-hybridized carbons (Fsp3) is 0.444. The molecule has 0 aromatic heterocycles. The summed E-state index contributed by atoms with van der Waals surface area (Å²) in [4.78, 5) is 0. The smallest absolute Gasteiger partial charge is 1.00 e. The third-order valence-corrected chi connectivity index (χ3v) is 8.05. The molecule has 0 amide bonds. The number of aryl methyl sites for hydroxylation is 1. The van der Waals surface area contributed by atoms with Crippen LogP contribution in [-0.2, 0) is 25.9 Å². The van der Waals surface area contributed by atoms with Crippen LogP contribution in [0, 0.1) is 6.92 Å². The van der Waals surface area contributed by atoms with Gasteiger partial charge >= 0.3 is 137 Å². The second-order valence-corrected chi connectivity index (χ2v) is 13.9. The molecule has 1 unspecified atom stereocenters. The molecule has 126 valence electrons. The molecule has 1 aliphatic carbocycles. The first-order valence-electron chi connectivity index (χ1n) is 7.31. The van der Waals surface area contributed by atoms with E-state index >= 15 is 0 Å². The average Bonchev–Trinajstić information content (AvgIpc) is 2.73. The molecule has 0 fully saturated rings. The molecule has 1 aliphatic rings. The maximum atomic E-state index is 2.53. The second-order valence-electron chi connectivity index (χ2n) is 7.55. The van der Waals surface area contributed by atoms with Crippen LogP contribution in [-0.4, -0.2) is 8.07 Å². The van der Waals surface area contributed by atoms with Gasteiger partial charge in [-0.25, -0.2) is 0 Å². The van der Waals surface area contributed by atoms with E-state index in [1.54, 1.807) is 5.20 Å². The monoisotopic (exact) mass is 422 g/mol. The molecule has 23 heavy (non-hydrogen) atoms. The topological polar surface area (TPSA) is 0 Å². The number of rotatable bonds is 3. The average molecular weight is 424 g/mol. The van der Waals surface area contributed by atoms with Gasteiger partial charge in [-0.1, -0.05) is 0 Å². The largest absolute Gasteiger partial charge is 1.00 e. The van der Waals surface area contributed by atoms with Crippen LogP contribution in [0.15, 0.2) is 47.7 Å². The van der Waals surface area contributed by atoms with Gasteiger partial charge in [-0.05, 0) is 0 Å². The van der Waals surface area contributed by atoms with E-state index in [9.17, 15) is 0 Å². The number of halogens is 3. The predicted octanol–water partition coefficient (Wildman–Crippen LogP) is -3.64. The fourth-order valence-corrected chi connectivity index (χ4v) is 4.76. The normalized spacial score (nSPS) is 20.1. The van der Waals surface area contributed by atoms with Crippen molar-refractivity contribution in [2.24, 2.45) is 0 Å². The van der Waals surface area contributed by atoms with Crippen molar-refractivity contribution in [1.29, 1.82) is 0 Å². The van der Waals surface area contributed by atoms with Gasteiger partial charge in [0.25, 0.3) is 0 Å². The van der Waals surface area contributed by atoms with Crippen LogP contribution < -0.4 is 37.2 Å². The first-order chi connectivity index (χ1) is 9.06. The summed E-state index contributed by atoms with van der Waals surface area (Å²) in [5, 5.41) is 1.58. The van der Waals surface area contributed by atoms with Crippen LogP contribution in [0.4, 0.5) is 0 Å². The SMILES string of the molecule is Cc1cccc(C(C)(C)[C]2([Ti+3])C=CC([Si](C)(C)C)=C2)c1.[Cl-].[Cl-].[Cl-]. The minimum atomic E-state index is -1.23. The summed E-state index contributed by atoms with van der Waals surface area (Å²) in [5.74, 6) is 0. The van der Waals surface area contributed by atoms with E-state index in [-0.39, 0.29) is 46.4 Å². The van der Waals surface area contributed by atoms with Crippen molar-refractivity contribution in [3.8, 4) is 0 Å². The van der Waals surface area contributed by atoms with E-state index in [0.717, 1.165) is 0 Å². The molecule has 0 saturated heterocycles. The van der Waals surface area contributed by atoms with Gasteiger partial charge in [0.1, 0.15) is 0 Å². The minimum Gasteiger partial charge on any atom is -1.00 e. The van der Waals surface area contributed by atoms with E-state index in [0.29, 0.717) is 0 Å². The van der Waals surface area contributed by atoms with Gasteiger partial charge in [0.05, 0.1) is 0 Å². The Kier molecular flexibility index (Phi) is 9.78. The summed E-state index contributed by atoms with van der Waals surface area (Å²) in [5.41, 5.74) is 2.88. The van der Waals surface area contributed by atoms with Gasteiger partial charge in [0, 0.05) is 0 Å². The summed E-state index contributed by atoms with van der Waals surface area (Å²) in [6.07, 6.45) is 7.33. The molecule has 0 bridgehead atoms. The Morgan fingerprint density at radius 2 is 1.61 bits per heavy atom. The summed E-state index contributed by atoms with van der Waals surface area (Å²) in [7, 11) is -1.23. The minimum absolute atomic E-state index is 0. The Balaban J connectivity index is 0. The van der Waals surface area contributed by atoms with Gasteiger partial charge in [0.15, 0.2) is 0 Å². The summed E-state index contributed by atoms with van der Waals surface area (Å²) >= 11 is 2.37. The Bertz CT molecular complexity index is 588. The van der Waals surface area contributed by atoms with Gasteiger partial charge in [-0.2, -0.15) is 0 Å². The molecule has 1 aromatic carbocycles. The molecule has 5 heteroatoms. The zero-order valence-corrected chi connectivity index (χ0v) is 19.5. The van der Waals surface area contributed by atoms with Gasteiger partial charge in [-0.3, -0.25) is 0 Å². The Morgan fingerprint density at radius 1 is 1.04 bits per heavy atom. The van der Waals surface area contributed by atoms with Crippen molar-refractivity contribution in [2.75, 3.05) is 0 Å². The van der Waals surface area contributed by atoms with Crippen molar-refractivity contribution in [3.05, 3.63) is 58.8 Å². The first kappa shape index (κ1) is 25.7. The van der Waals surface area contributed by atoms with E-state index in [1.165, 1.54) is 11.1 Å². The predicted molar refractivity (Wildman–Crippen MR) is 87.5 cm³/mol. The van der Waals surface area contributed by atoms with Gasteiger partial charge in [-0.15, -0.1) is 0 Å². The van der Waals surface area contributed by atoms with Crippen LogP contribution in [0.3, 0.4) is 0 Å². The standard InChI is InChI=1S/C18H25Si.3ClH.Ti/c1-14-8-7-9-15(12-14)18(2,3)16-10-11-17(13-16)19(4,5)6;;;;/h7-13H,1-6H3;3*1H;/q;;;;+3/p-3. The van der Waals surface area contributed by atoms with Crippen LogP contribution in [0.25, 0.3) is 0 Å². The maximum absolute atomic E-state index is 2.53. The van der Waals surface area contributed by atoms with Gasteiger partial charge in [0.2, 0.25) is 0 Å². The molecular formula is C18H25Cl3SiTi. The molecule has 0 saturated carbocycles. The number of benzene rings is 1. The molecule has 2 rings (SSSR count). The summed E-state index contributed by atoms with van der Waals surface area (Å²) in [6.45, 7) is 14.2. The molecule has 0 spiro atoms. The molecule has 0 heterocycles. The van der Waals surface area contributed by atoms with Crippen LogP contribution in [0.1, 0.15) is 25.0 Å². The molecule has 0 nitrogen and oxygen atoms in total. The van der Waals surface area contributed by atoms with Crippen LogP contribution in [0.2, 0.25) is 23.4 Å². The maximum Gasteiger partial charge on any atom is -1.00 e. The van der Waals surface area contributed by atoms with Crippen molar-refractivity contribution in [3.63, 3.8) is 0 Å². The molecule has 0 aliphatic heterocycles. The van der Waals surface area contributed by atoms with Crippen LogP contribution in [0.5, 0.6) is 0 Å². The Morgan fingerprint density at radius 3 is 2.04 bits per heavy atom. The summed E-state index contributed by atoms with van der Waals surface area (Å²) < 4.78 is 0.108. The number of allylic oxidation sites excluding steroid dienone is 4. The van der Waals surface area contributed by atoms with Gasteiger partial charge < -0.3 is 37.2 Å².